The summed E-state index contributed by atoms with van der Waals surface area (Å²) in [6.45, 7) is 4.30. The highest BCUT2D eigenvalue weighted by atomic mass is 14.7. The predicted molar refractivity (Wildman–Crippen MR) is 102 cm³/mol. The van der Waals surface area contributed by atoms with Gasteiger partial charge in [0.1, 0.15) is 0 Å². The van der Waals surface area contributed by atoms with Crippen molar-refractivity contribution >= 4 is 10.9 Å². The number of nitrogens with zero attached hydrogens (tertiary/aromatic N) is 1. The molecule has 0 N–H and O–H groups in total. The summed E-state index contributed by atoms with van der Waals surface area (Å²) in [5.41, 5.74) is 8.23. The molecule has 4 rings (SSSR count). The van der Waals surface area contributed by atoms with Crippen molar-refractivity contribution in [1.29, 1.82) is 0 Å². The SMILES string of the molecule is Cc1ccc(C)c2c(-c3ccccc3)cc(-c3ccccc3)nc12. The molecule has 0 atom stereocenters. The lowest BCUT2D eigenvalue weighted by molar-refractivity contribution is 1.34. The number of pyridine rings is 1. The molecule has 1 aromatic heterocycles. The van der Waals surface area contributed by atoms with Crippen LogP contribution in [0.3, 0.4) is 0 Å². The molecule has 0 amide bonds. The fourth-order valence-corrected chi connectivity index (χ4v) is 3.24. The van der Waals surface area contributed by atoms with Crippen molar-refractivity contribution in [2.45, 2.75) is 13.8 Å². The summed E-state index contributed by atoms with van der Waals surface area (Å²) in [6, 6.07) is 27.6. The van der Waals surface area contributed by atoms with Gasteiger partial charge in [0, 0.05) is 10.9 Å². The quantitative estimate of drug-likeness (QED) is 0.430. The molecule has 0 aliphatic heterocycles. The van der Waals surface area contributed by atoms with Gasteiger partial charge in [0.05, 0.1) is 11.2 Å². The minimum Gasteiger partial charge on any atom is -0.247 e. The molecule has 24 heavy (non-hydrogen) atoms. The van der Waals surface area contributed by atoms with Crippen molar-refractivity contribution < 1.29 is 0 Å². The van der Waals surface area contributed by atoms with Gasteiger partial charge < -0.3 is 0 Å². The molecule has 116 valence electrons. The van der Waals surface area contributed by atoms with Crippen molar-refractivity contribution in [3.05, 3.63) is 90.0 Å². The number of rotatable bonds is 2. The van der Waals surface area contributed by atoms with E-state index in [0.717, 1.165) is 16.8 Å². The molecule has 0 radical (unpaired) electrons. The van der Waals surface area contributed by atoms with Crippen molar-refractivity contribution in [2.24, 2.45) is 0 Å². The van der Waals surface area contributed by atoms with Crippen LogP contribution in [0.2, 0.25) is 0 Å². The van der Waals surface area contributed by atoms with E-state index in [1.807, 2.05) is 6.07 Å². The molecule has 0 aliphatic rings. The fourth-order valence-electron chi connectivity index (χ4n) is 3.24. The van der Waals surface area contributed by atoms with Gasteiger partial charge in [0.15, 0.2) is 0 Å². The van der Waals surface area contributed by atoms with E-state index in [1.165, 1.54) is 27.6 Å². The largest absolute Gasteiger partial charge is 0.247 e. The third-order valence-corrected chi connectivity index (χ3v) is 4.52. The Kier molecular flexibility index (Phi) is 3.62. The number of aromatic nitrogens is 1. The van der Waals surface area contributed by atoms with Gasteiger partial charge in [-0.05, 0) is 42.2 Å². The summed E-state index contributed by atoms with van der Waals surface area (Å²) in [5, 5.41) is 1.25. The van der Waals surface area contributed by atoms with E-state index < -0.39 is 0 Å². The van der Waals surface area contributed by atoms with Crippen LogP contribution < -0.4 is 0 Å². The van der Waals surface area contributed by atoms with E-state index in [4.69, 9.17) is 4.98 Å². The normalized spacial score (nSPS) is 10.9. The number of fused-ring (bicyclic) bond motifs is 1. The maximum absolute atomic E-state index is 4.99. The summed E-state index contributed by atoms with van der Waals surface area (Å²) < 4.78 is 0. The van der Waals surface area contributed by atoms with Gasteiger partial charge in [-0.15, -0.1) is 0 Å². The number of benzene rings is 3. The topological polar surface area (TPSA) is 12.9 Å². The standard InChI is InChI=1S/C23H19N/c1-16-13-14-17(2)23-22(16)20(18-9-5-3-6-10-18)15-21(24-23)19-11-7-4-8-12-19/h3-15H,1-2H3. The fraction of sp³-hybridized carbons (Fsp3) is 0.0870. The first-order valence-electron chi connectivity index (χ1n) is 8.26. The number of hydrogen-bond donors (Lipinski definition) is 0. The third-order valence-electron chi connectivity index (χ3n) is 4.52. The summed E-state index contributed by atoms with van der Waals surface area (Å²) >= 11 is 0. The Balaban J connectivity index is 2.10. The Morgan fingerprint density at radius 3 is 1.88 bits per heavy atom. The molecular formula is C23H19N. The summed E-state index contributed by atoms with van der Waals surface area (Å²) in [4.78, 5) is 4.99. The Bertz CT molecular complexity index is 1000. The minimum atomic E-state index is 1.02. The van der Waals surface area contributed by atoms with Crippen LogP contribution in [0.5, 0.6) is 0 Å². The lowest BCUT2D eigenvalue weighted by atomic mass is 9.94. The molecule has 0 aliphatic carbocycles. The van der Waals surface area contributed by atoms with E-state index in [9.17, 15) is 0 Å². The molecule has 4 aromatic rings. The maximum Gasteiger partial charge on any atom is 0.0747 e. The molecule has 0 spiro atoms. The lowest BCUT2D eigenvalue weighted by Crippen LogP contribution is -1.94. The number of aryl methyl sites for hydroxylation is 2. The molecule has 1 heteroatoms. The van der Waals surface area contributed by atoms with Crippen molar-refractivity contribution in [1.82, 2.24) is 4.98 Å². The molecule has 0 saturated carbocycles. The lowest BCUT2D eigenvalue weighted by Gasteiger charge is -2.14. The molecule has 3 aromatic carbocycles. The zero-order valence-corrected chi connectivity index (χ0v) is 14.0. The van der Waals surface area contributed by atoms with E-state index in [-0.39, 0.29) is 0 Å². The second-order valence-corrected chi connectivity index (χ2v) is 6.21. The summed E-state index contributed by atoms with van der Waals surface area (Å²) in [5.74, 6) is 0. The van der Waals surface area contributed by atoms with Crippen LogP contribution in [0.1, 0.15) is 11.1 Å². The zero-order chi connectivity index (χ0) is 16.5. The van der Waals surface area contributed by atoms with Gasteiger partial charge in [0.2, 0.25) is 0 Å². The first-order chi connectivity index (χ1) is 11.7. The summed E-state index contributed by atoms with van der Waals surface area (Å²) in [7, 11) is 0. The van der Waals surface area contributed by atoms with Crippen LogP contribution in [-0.4, -0.2) is 4.98 Å². The van der Waals surface area contributed by atoms with E-state index >= 15 is 0 Å². The highest BCUT2D eigenvalue weighted by Crippen LogP contribution is 2.35. The monoisotopic (exact) mass is 309 g/mol. The second kappa shape index (κ2) is 5.93. The van der Waals surface area contributed by atoms with Crippen LogP contribution in [0.4, 0.5) is 0 Å². The Labute approximate surface area is 142 Å². The highest BCUT2D eigenvalue weighted by molar-refractivity contribution is 6.00. The molecule has 0 fully saturated rings. The maximum atomic E-state index is 4.99. The van der Waals surface area contributed by atoms with Gasteiger partial charge in [0.25, 0.3) is 0 Å². The minimum absolute atomic E-state index is 1.02. The molecule has 1 heterocycles. The predicted octanol–water partition coefficient (Wildman–Crippen LogP) is 6.19. The van der Waals surface area contributed by atoms with Gasteiger partial charge in [-0.3, -0.25) is 0 Å². The second-order valence-electron chi connectivity index (χ2n) is 6.21. The van der Waals surface area contributed by atoms with Gasteiger partial charge in [-0.1, -0.05) is 72.8 Å². The van der Waals surface area contributed by atoms with Crippen LogP contribution in [0.25, 0.3) is 33.3 Å². The third kappa shape index (κ3) is 2.48. The molecule has 1 nitrogen and oxygen atoms in total. The Hall–Kier alpha value is -2.93. The Morgan fingerprint density at radius 2 is 1.21 bits per heavy atom. The average Bonchev–Trinajstić information content (AvgIpc) is 2.65. The average molecular weight is 309 g/mol. The van der Waals surface area contributed by atoms with Crippen LogP contribution in [0, 0.1) is 13.8 Å². The van der Waals surface area contributed by atoms with Gasteiger partial charge in [-0.2, -0.15) is 0 Å². The molecule has 0 unspecified atom stereocenters. The number of hydrogen-bond acceptors (Lipinski definition) is 1. The first-order valence-corrected chi connectivity index (χ1v) is 8.26. The molecule has 0 saturated heterocycles. The molecular weight excluding hydrogens is 290 g/mol. The van der Waals surface area contributed by atoms with Crippen molar-refractivity contribution in [3.8, 4) is 22.4 Å². The van der Waals surface area contributed by atoms with E-state index in [2.05, 4.69) is 86.6 Å². The highest BCUT2D eigenvalue weighted by Gasteiger charge is 2.12. The van der Waals surface area contributed by atoms with Gasteiger partial charge in [-0.25, -0.2) is 4.98 Å². The smallest absolute Gasteiger partial charge is 0.0747 e. The van der Waals surface area contributed by atoms with Crippen molar-refractivity contribution in [2.75, 3.05) is 0 Å². The van der Waals surface area contributed by atoms with E-state index in [0.29, 0.717) is 0 Å². The van der Waals surface area contributed by atoms with Gasteiger partial charge >= 0.3 is 0 Å². The van der Waals surface area contributed by atoms with Crippen LogP contribution in [-0.2, 0) is 0 Å². The van der Waals surface area contributed by atoms with E-state index in [1.54, 1.807) is 0 Å². The zero-order valence-electron chi connectivity index (χ0n) is 14.0. The first kappa shape index (κ1) is 14.6. The van der Waals surface area contributed by atoms with Crippen LogP contribution in [0.15, 0.2) is 78.9 Å². The van der Waals surface area contributed by atoms with Crippen molar-refractivity contribution in [3.63, 3.8) is 0 Å². The molecule has 0 bridgehead atoms. The Morgan fingerprint density at radius 1 is 0.625 bits per heavy atom. The van der Waals surface area contributed by atoms with Crippen LogP contribution >= 0.6 is 0 Å². The summed E-state index contributed by atoms with van der Waals surface area (Å²) in [6.07, 6.45) is 0.